The molecule has 0 bridgehead atoms. The summed E-state index contributed by atoms with van der Waals surface area (Å²) in [6, 6.07) is 0. The fourth-order valence-corrected chi connectivity index (χ4v) is 0. The van der Waals surface area contributed by atoms with Crippen LogP contribution in [0.15, 0.2) is 0 Å². The Balaban J connectivity index is -0.000000143. The van der Waals surface area contributed by atoms with Crippen molar-refractivity contribution in [3.8, 4) is 0 Å². The first-order valence-electron chi connectivity index (χ1n) is 2.84. The van der Waals surface area contributed by atoms with Gasteiger partial charge in [-0.1, -0.05) is 0 Å². The molecule has 0 aromatic rings. The van der Waals surface area contributed by atoms with E-state index < -0.39 is 12.2 Å². The van der Waals surface area contributed by atoms with Crippen LogP contribution in [0.4, 0.5) is 0 Å². The van der Waals surface area contributed by atoms with E-state index in [2.05, 4.69) is 0 Å². The standard InChI is InChI=1S/2C2H7NO3.ClH/c2*1-3-2(4,5)6;/h2*3-6H,1H3;1H. The third-order valence-corrected chi connectivity index (χ3v) is 0.671. The van der Waals surface area contributed by atoms with E-state index >= 15 is 0 Å². The zero-order valence-electron chi connectivity index (χ0n) is 7.09. The Morgan fingerprint density at radius 3 is 0.769 bits per heavy atom. The van der Waals surface area contributed by atoms with Crippen molar-refractivity contribution < 1.29 is 30.6 Å². The lowest BCUT2D eigenvalue weighted by Gasteiger charge is -2.09. The monoisotopic (exact) mass is 222 g/mol. The van der Waals surface area contributed by atoms with E-state index in [1.54, 1.807) is 10.6 Å². The van der Waals surface area contributed by atoms with Crippen molar-refractivity contribution in [3.05, 3.63) is 0 Å². The van der Waals surface area contributed by atoms with Gasteiger partial charge in [0.2, 0.25) is 0 Å². The summed E-state index contributed by atoms with van der Waals surface area (Å²) in [5.41, 5.74) is 0. The first-order chi connectivity index (χ1) is 5.12. The van der Waals surface area contributed by atoms with Crippen LogP contribution in [-0.2, 0) is 0 Å². The van der Waals surface area contributed by atoms with Crippen LogP contribution in [0, 0.1) is 0 Å². The normalized spacial score (nSPS) is 11.1. The largest absolute Gasteiger partial charge is 0.342 e. The van der Waals surface area contributed by atoms with Gasteiger partial charge < -0.3 is 30.6 Å². The highest BCUT2D eigenvalue weighted by Crippen LogP contribution is 1.77. The Kier molecular flexibility index (Phi) is 10.6. The molecule has 0 saturated heterocycles. The summed E-state index contributed by atoms with van der Waals surface area (Å²) >= 11 is 0. The molecule has 0 aliphatic rings. The van der Waals surface area contributed by atoms with Gasteiger partial charge in [-0.15, -0.1) is 12.4 Å². The number of nitrogens with one attached hydrogen (secondary N) is 2. The summed E-state index contributed by atoms with van der Waals surface area (Å²) in [4.78, 5) is 0. The molecule has 0 heterocycles. The van der Waals surface area contributed by atoms with E-state index in [9.17, 15) is 0 Å². The van der Waals surface area contributed by atoms with Gasteiger partial charge in [-0.3, -0.25) is 0 Å². The summed E-state index contributed by atoms with van der Waals surface area (Å²) < 4.78 is 0. The Bertz CT molecular complexity index is 96.2. The van der Waals surface area contributed by atoms with Gasteiger partial charge in [-0.05, 0) is 14.1 Å². The molecule has 0 saturated carbocycles. The highest BCUT2D eigenvalue weighted by molar-refractivity contribution is 5.85. The average Bonchev–Trinajstić information content (AvgIpc) is 1.86. The van der Waals surface area contributed by atoms with Crippen LogP contribution >= 0.6 is 12.4 Å². The molecule has 0 amide bonds. The first-order valence-corrected chi connectivity index (χ1v) is 2.84. The molecule has 0 aliphatic carbocycles. The van der Waals surface area contributed by atoms with E-state index in [1.807, 2.05) is 0 Å². The molecule has 84 valence electrons. The molecular weight excluding hydrogens is 208 g/mol. The number of hydrogen-bond acceptors (Lipinski definition) is 8. The number of halogens is 1. The number of rotatable bonds is 2. The third kappa shape index (κ3) is 33.4. The summed E-state index contributed by atoms with van der Waals surface area (Å²) in [5, 5.41) is 50.5. The third-order valence-electron chi connectivity index (χ3n) is 0.671. The van der Waals surface area contributed by atoms with Gasteiger partial charge in [0, 0.05) is 0 Å². The topological polar surface area (TPSA) is 145 Å². The van der Waals surface area contributed by atoms with E-state index in [0.717, 1.165) is 0 Å². The molecule has 0 radical (unpaired) electrons. The lowest BCUT2D eigenvalue weighted by molar-refractivity contribution is -0.329. The van der Waals surface area contributed by atoms with E-state index in [0.29, 0.717) is 0 Å². The maximum atomic E-state index is 7.83. The van der Waals surface area contributed by atoms with Crippen LogP contribution < -0.4 is 10.6 Å². The van der Waals surface area contributed by atoms with Crippen LogP contribution in [0.1, 0.15) is 0 Å². The molecule has 0 aromatic heterocycles. The summed E-state index contributed by atoms with van der Waals surface area (Å²) in [6.45, 7) is 0. The second-order valence-electron chi connectivity index (χ2n) is 1.77. The Hall–Kier alpha value is -0.0300. The van der Waals surface area contributed by atoms with Gasteiger partial charge in [0.15, 0.2) is 0 Å². The van der Waals surface area contributed by atoms with Gasteiger partial charge in [-0.2, -0.15) is 0 Å². The molecule has 0 aliphatic heterocycles. The molecule has 13 heavy (non-hydrogen) atoms. The van der Waals surface area contributed by atoms with Gasteiger partial charge in [0.25, 0.3) is 0 Å². The average molecular weight is 223 g/mol. The second-order valence-corrected chi connectivity index (χ2v) is 1.77. The van der Waals surface area contributed by atoms with Crippen LogP contribution in [0.5, 0.6) is 0 Å². The zero-order chi connectivity index (χ0) is 10.4. The second kappa shape index (κ2) is 7.38. The molecule has 0 rings (SSSR count). The van der Waals surface area contributed by atoms with E-state index in [-0.39, 0.29) is 12.4 Å². The molecule has 0 atom stereocenters. The maximum absolute atomic E-state index is 7.83. The minimum atomic E-state index is -2.71. The highest BCUT2D eigenvalue weighted by Gasteiger charge is 2.11. The van der Waals surface area contributed by atoms with Crippen molar-refractivity contribution in [3.63, 3.8) is 0 Å². The number of aliphatic hydroxyl groups is 6. The SMILES string of the molecule is CNC(O)(O)O.CNC(O)(O)O.Cl. The summed E-state index contributed by atoms with van der Waals surface area (Å²) in [6.07, 6.45) is -5.42. The molecule has 0 unspecified atom stereocenters. The molecule has 8 N–H and O–H groups in total. The molecule has 0 fully saturated rings. The smallest absolute Gasteiger partial charge is 0.330 e. The Morgan fingerprint density at radius 1 is 0.692 bits per heavy atom. The lowest BCUT2D eigenvalue weighted by Crippen LogP contribution is -2.41. The van der Waals surface area contributed by atoms with Gasteiger partial charge >= 0.3 is 12.2 Å². The van der Waals surface area contributed by atoms with Crippen LogP contribution in [0.25, 0.3) is 0 Å². The van der Waals surface area contributed by atoms with Crippen molar-refractivity contribution in [2.24, 2.45) is 0 Å². The fraction of sp³-hybridized carbons (Fsp3) is 1.00. The zero-order valence-corrected chi connectivity index (χ0v) is 7.91. The minimum absolute atomic E-state index is 0. The predicted octanol–water partition coefficient (Wildman–Crippen LogP) is -3.99. The molecule has 8 nitrogen and oxygen atoms in total. The molecule has 0 aromatic carbocycles. The Labute approximate surface area is 80.9 Å². The van der Waals surface area contributed by atoms with Crippen LogP contribution in [-0.4, -0.2) is 56.9 Å². The Morgan fingerprint density at radius 2 is 0.769 bits per heavy atom. The van der Waals surface area contributed by atoms with Crippen molar-refractivity contribution in [1.82, 2.24) is 10.6 Å². The first kappa shape index (κ1) is 18.7. The van der Waals surface area contributed by atoms with E-state index in [1.165, 1.54) is 14.1 Å². The van der Waals surface area contributed by atoms with Crippen molar-refractivity contribution in [1.29, 1.82) is 0 Å². The van der Waals surface area contributed by atoms with Crippen molar-refractivity contribution in [2.75, 3.05) is 14.1 Å². The van der Waals surface area contributed by atoms with E-state index in [4.69, 9.17) is 30.6 Å². The van der Waals surface area contributed by atoms with Gasteiger partial charge in [0.05, 0.1) is 0 Å². The van der Waals surface area contributed by atoms with Crippen molar-refractivity contribution >= 4 is 12.4 Å². The quantitative estimate of drug-likeness (QED) is 0.221. The summed E-state index contributed by atoms with van der Waals surface area (Å²) in [7, 11) is 2.42. The van der Waals surface area contributed by atoms with Crippen molar-refractivity contribution in [2.45, 2.75) is 12.2 Å². The maximum Gasteiger partial charge on any atom is 0.342 e. The molecule has 0 spiro atoms. The molecule has 9 heteroatoms. The minimum Gasteiger partial charge on any atom is -0.330 e. The summed E-state index contributed by atoms with van der Waals surface area (Å²) in [5.74, 6) is 0. The number of hydrogen-bond donors (Lipinski definition) is 8. The predicted molar refractivity (Wildman–Crippen MR) is 44.1 cm³/mol. The van der Waals surface area contributed by atoms with Gasteiger partial charge in [0.1, 0.15) is 0 Å². The fourth-order valence-electron chi connectivity index (χ4n) is 0. The van der Waals surface area contributed by atoms with Gasteiger partial charge in [-0.25, -0.2) is 10.6 Å². The van der Waals surface area contributed by atoms with Crippen LogP contribution in [0.2, 0.25) is 0 Å². The van der Waals surface area contributed by atoms with Crippen LogP contribution in [0.3, 0.4) is 0 Å². The molecular formula is C4H15ClN2O6. The highest BCUT2D eigenvalue weighted by atomic mass is 35.5. The lowest BCUT2D eigenvalue weighted by atomic mass is 10.9.